The third-order valence-corrected chi connectivity index (χ3v) is 1.63. The molecule has 1 rings (SSSR count). The fraction of sp³-hybridized carbons (Fsp3) is 0.300. The van der Waals surface area contributed by atoms with E-state index in [4.69, 9.17) is 5.26 Å². The Morgan fingerprint density at radius 1 is 0.938 bits per heavy atom. The van der Waals surface area contributed by atoms with Crippen LogP contribution in [0.4, 0.5) is 23.2 Å². The van der Waals surface area contributed by atoms with Crippen LogP contribution in [0.3, 0.4) is 0 Å². The van der Waals surface area contributed by atoms with E-state index in [9.17, 15) is 17.6 Å². The first-order chi connectivity index (χ1) is 7.54. The summed E-state index contributed by atoms with van der Waals surface area (Å²) in [4.78, 5) is 0. The molecule has 1 N–H and O–H groups in total. The number of nitrogens with zero attached hydrogens (tertiary/aromatic N) is 1. The summed E-state index contributed by atoms with van der Waals surface area (Å²) in [5.41, 5.74) is -2.20. The lowest BCUT2D eigenvalue weighted by molar-refractivity contribution is 0.455. The van der Waals surface area contributed by atoms with Gasteiger partial charge in [-0.15, -0.1) is 0 Å². The molecule has 16 heavy (non-hydrogen) atoms. The zero-order chi connectivity index (χ0) is 12.9. The van der Waals surface area contributed by atoms with Crippen molar-refractivity contribution in [3.63, 3.8) is 0 Å². The average Bonchev–Trinajstić information content (AvgIpc) is 2.31. The predicted octanol–water partition coefficient (Wildman–Crippen LogP) is 3.18. The monoisotopic (exact) mass is 234 g/mol. The average molecular weight is 234 g/mol. The van der Waals surface area contributed by atoms with Crippen LogP contribution in [0.1, 0.15) is 19.4 Å². The minimum atomic E-state index is -1.70. The van der Waals surface area contributed by atoms with E-state index in [1.807, 2.05) is 19.2 Å². The minimum absolute atomic E-state index is 0.931. The van der Waals surface area contributed by atoms with E-state index in [1.165, 1.54) is 0 Å². The molecule has 0 aromatic heterocycles. The molecule has 0 saturated heterocycles. The van der Waals surface area contributed by atoms with Crippen LogP contribution in [-0.4, -0.2) is 7.05 Å². The number of hydrogen-bond donors (Lipinski definition) is 1. The number of halogens is 4. The van der Waals surface area contributed by atoms with Crippen molar-refractivity contribution < 1.29 is 17.6 Å². The van der Waals surface area contributed by atoms with Crippen molar-refractivity contribution in [1.29, 1.82) is 5.26 Å². The molecule has 2 nitrogen and oxygen atoms in total. The van der Waals surface area contributed by atoms with Crippen molar-refractivity contribution in [3.8, 4) is 6.07 Å². The summed E-state index contributed by atoms with van der Waals surface area (Å²) in [6, 6.07) is 1.04. The molecule has 88 valence electrons. The van der Waals surface area contributed by atoms with E-state index in [0.717, 1.165) is 13.1 Å². The molecule has 0 bridgehead atoms. The molecule has 0 saturated carbocycles. The zero-order valence-corrected chi connectivity index (χ0v) is 8.96. The molecule has 0 atom stereocenters. The molecule has 0 unspecified atom stereocenters. The van der Waals surface area contributed by atoms with Gasteiger partial charge in [-0.2, -0.15) is 5.26 Å². The van der Waals surface area contributed by atoms with Gasteiger partial charge in [0.1, 0.15) is 17.3 Å². The van der Waals surface area contributed by atoms with Crippen molar-refractivity contribution in [2.24, 2.45) is 0 Å². The second kappa shape index (κ2) is 5.95. The highest BCUT2D eigenvalue weighted by molar-refractivity contribution is 5.51. The van der Waals surface area contributed by atoms with Gasteiger partial charge < -0.3 is 5.32 Å². The van der Waals surface area contributed by atoms with Crippen molar-refractivity contribution in [1.82, 2.24) is 0 Å². The van der Waals surface area contributed by atoms with Gasteiger partial charge >= 0.3 is 0 Å². The van der Waals surface area contributed by atoms with Crippen molar-refractivity contribution in [2.45, 2.75) is 13.8 Å². The van der Waals surface area contributed by atoms with Gasteiger partial charge in [0, 0.05) is 7.05 Å². The van der Waals surface area contributed by atoms with E-state index in [1.54, 1.807) is 0 Å². The summed E-state index contributed by atoms with van der Waals surface area (Å²) >= 11 is 0. The maximum atomic E-state index is 12.9. The summed E-state index contributed by atoms with van der Waals surface area (Å²) < 4.78 is 51.5. The first kappa shape index (κ1) is 14.2. The van der Waals surface area contributed by atoms with Crippen LogP contribution in [0.2, 0.25) is 0 Å². The van der Waals surface area contributed by atoms with Gasteiger partial charge in [0.05, 0.1) is 0 Å². The molecule has 1 aromatic rings. The van der Waals surface area contributed by atoms with Gasteiger partial charge in [-0.05, 0) is 0 Å². The van der Waals surface area contributed by atoms with Gasteiger partial charge in [-0.3, -0.25) is 0 Å². The Morgan fingerprint density at radius 3 is 1.56 bits per heavy atom. The SMILES string of the molecule is CC.CNc1c(F)c(F)c(C#N)c(F)c1F. The molecule has 0 aliphatic heterocycles. The molecule has 6 heteroatoms. The number of nitriles is 1. The molecule has 0 spiro atoms. The standard InChI is InChI=1S/C8H4F4N2.C2H6/c1-14-8-6(11)4(9)3(2-13)5(10)7(8)12;1-2/h14H,1H3;1-2H3. The van der Waals surface area contributed by atoms with Gasteiger partial charge in [-0.1, -0.05) is 13.8 Å². The molecular weight excluding hydrogens is 224 g/mol. The van der Waals surface area contributed by atoms with Crippen LogP contribution in [0.15, 0.2) is 0 Å². The van der Waals surface area contributed by atoms with E-state index in [0.29, 0.717) is 0 Å². The first-order valence-corrected chi connectivity index (χ1v) is 4.48. The van der Waals surface area contributed by atoms with Crippen molar-refractivity contribution in [2.75, 3.05) is 12.4 Å². The normalized spacial score (nSPS) is 8.88. The van der Waals surface area contributed by atoms with Crippen molar-refractivity contribution >= 4 is 5.69 Å². The number of anilines is 1. The third kappa shape index (κ3) is 2.24. The molecule has 0 heterocycles. The van der Waals surface area contributed by atoms with Crippen LogP contribution in [0, 0.1) is 34.6 Å². The predicted molar refractivity (Wildman–Crippen MR) is 51.9 cm³/mol. The van der Waals surface area contributed by atoms with Crippen molar-refractivity contribution in [3.05, 3.63) is 28.8 Å². The second-order valence-electron chi connectivity index (χ2n) is 2.37. The summed E-state index contributed by atoms with van der Waals surface area (Å²) in [7, 11) is 1.10. The first-order valence-electron chi connectivity index (χ1n) is 4.48. The maximum absolute atomic E-state index is 12.9. The maximum Gasteiger partial charge on any atom is 0.186 e. The third-order valence-electron chi connectivity index (χ3n) is 1.63. The minimum Gasteiger partial charge on any atom is -0.383 e. The quantitative estimate of drug-likeness (QED) is 0.598. The highest BCUT2D eigenvalue weighted by atomic mass is 19.2. The molecule has 0 amide bonds. The fourth-order valence-electron chi connectivity index (χ4n) is 0.949. The van der Waals surface area contributed by atoms with E-state index in [-0.39, 0.29) is 0 Å². The number of rotatable bonds is 1. The number of nitrogens with one attached hydrogen (secondary N) is 1. The fourth-order valence-corrected chi connectivity index (χ4v) is 0.949. The van der Waals surface area contributed by atoms with Crippen LogP contribution < -0.4 is 5.32 Å². The summed E-state index contributed by atoms with van der Waals surface area (Å²) in [5.74, 6) is -6.61. The Morgan fingerprint density at radius 2 is 1.31 bits per heavy atom. The van der Waals surface area contributed by atoms with Crippen LogP contribution in [0.5, 0.6) is 0 Å². The molecule has 0 fully saturated rings. The van der Waals surface area contributed by atoms with E-state index in [2.05, 4.69) is 0 Å². The Kier molecular flexibility index (Phi) is 5.30. The lowest BCUT2D eigenvalue weighted by Crippen LogP contribution is -2.06. The Labute approximate surface area is 90.5 Å². The van der Waals surface area contributed by atoms with Gasteiger partial charge in [0.2, 0.25) is 0 Å². The van der Waals surface area contributed by atoms with Crippen LogP contribution in [0.25, 0.3) is 0 Å². The highest BCUT2D eigenvalue weighted by Crippen LogP contribution is 2.26. The summed E-state index contributed by atoms with van der Waals surface area (Å²) in [5, 5.41) is 10.2. The molecule has 0 aliphatic carbocycles. The Bertz CT molecular complexity index is 387. The molecule has 0 radical (unpaired) electrons. The Balaban J connectivity index is 0.00000106. The highest BCUT2D eigenvalue weighted by Gasteiger charge is 2.24. The smallest absolute Gasteiger partial charge is 0.186 e. The van der Waals surface area contributed by atoms with Gasteiger partial charge in [0.15, 0.2) is 23.3 Å². The van der Waals surface area contributed by atoms with Crippen LogP contribution in [-0.2, 0) is 0 Å². The Hall–Kier alpha value is -1.77. The summed E-state index contributed by atoms with van der Waals surface area (Å²) in [6.07, 6.45) is 0. The topological polar surface area (TPSA) is 35.8 Å². The van der Waals surface area contributed by atoms with Gasteiger partial charge in [0.25, 0.3) is 0 Å². The lowest BCUT2D eigenvalue weighted by atomic mass is 10.1. The number of benzene rings is 1. The van der Waals surface area contributed by atoms with Crippen LogP contribution >= 0.6 is 0 Å². The second-order valence-corrected chi connectivity index (χ2v) is 2.37. The lowest BCUT2D eigenvalue weighted by Gasteiger charge is -2.06. The molecule has 1 aromatic carbocycles. The zero-order valence-electron chi connectivity index (χ0n) is 8.96. The molecule has 0 aliphatic rings. The van der Waals surface area contributed by atoms with Gasteiger partial charge in [-0.25, -0.2) is 17.6 Å². The number of hydrogen-bond acceptors (Lipinski definition) is 2. The van der Waals surface area contributed by atoms with E-state index < -0.39 is 34.5 Å². The largest absolute Gasteiger partial charge is 0.383 e. The summed E-state index contributed by atoms with van der Waals surface area (Å²) in [6.45, 7) is 4.00. The molecular formula is C10H10F4N2. The van der Waals surface area contributed by atoms with E-state index >= 15 is 0 Å².